The molecule has 1 fully saturated rings. The molecule has 0 radical (unpaired) electrons. The van der Waals surface area contributed by atoms with Crippen molar-refractivity contribution >= 4 is 29.3 Å². The molecule has 0 amide bonds. The van der Waals surface area contributed by atoms with Gasteiger partial charge < -0.3 is 15.7 Å². The van der Waals surface area contributed by atoms with Gasteiger partial charge in [0.2, 0.25) is 0 Å². The number of nitrogens with one attached hydrogen (secondary N) is 2. The normalized spacial score (nSPS) is 20.3. The molecule has 0 spiro atoms. The number of aliphatic imine (C=N–C) groups is 1. The highest BCUT2D eigenvalue weighted by Crippen LogP contribution is 2.25. The maximum Gasteiger partial charge on any atom is 0.191 e. The second-order valence-corrected chi connectivity index (χ2v) is 6.88. The van der Waals surface area contributed by atoms with Crippen molar-refractivity contribution in [1.29, 1.82) is 0 Å². The van der Waals surface area contributed by atoms with E-state index in [1.54, 1.807) is 19.2 Å². The topological polar surface area (TPSA) is 56.7 Å². The van der Waals surface area contributed by atoms with E-state index >= 15 is 0 Å². The van der Waals surface area contributed by atoms with Crippen molar-refractivity contribution in [3.8, 4) is 0 Å². The molecule has 2 atom stereocenters. The Morgan fingerprint density at radius 3 is 3.05 bits per heavy atom. The first-order valence-corrected chi connectivity index (χ1v) is 8.61. The predicted molar refractivity (Wildman–Crippen MR) is 91.3 cm³/mol. The maximum absolute atomic E-state index is 10.2. The van der Waals surface area contributed by atoms with Crippen LogP contribution in [0.4, 0.5) is 0 Å². The van der Waals surface area contributed by atoms with E-state index < -0.39 is 6.10 Å². The highest BCUT2D eigenvalue weighted by Gasteiger charge is 2.16. The first-order chi connectivity index (χ1) is 10.2. The number of aliphatic hydroxyl groups is 1. The van der Waals surface area contributed by atoms with Crippen molar-refractivity contribution in [1.82, 2.24) is 10.6 Å². The van der Waals surface area contributed by atoms with Gasteiger partial charge in [-0.15, -0.1) is 0 Å². The van der Waals surface area contributed by atoms with Crippen LogP contribution in [-0.4, -0.2) is 42.2 Å². The summed E-state index contributed by atoms with van der Waals surface area (Å²) in [6, 6.07) is 7.28. The Bertz CT molecular complexity index is 478. The molecule has 21 heavy (non-hydrogen) atoms. The van der Waals surface area contributed by atoms with Crippen molar-refractivity contribution in [3.05, 3.63) is 34.9 Å². The molecular formula is C15H22ClN3OS. The molecule has 0 aromatic heterocycles. The monoisotopic (exact) mass is 327 g/mol. The van der Waals surface area contributed by atoms with E-state index in [0.717, 1.165) is 18.1 Å². The van der Waals surface area contributed by atoms with Gasteiger partial charge in [-0.1, -0.05) is 23.7 Å². The molecule has 0 saturated carbocycles. The molecule has 0 bridgehead atoms. The summed E-state index contributed by atoms with van der Waals surface area (Å²) in [6.45, 7) is 1.31. The fourth-order valence-corrected chi connectivity index (χ4v) is 3.66. The number of aliphatic hydroxyl groups excluding tert-OH is 1. The standard InChI is InChI=1S/C15H22ClN3OS/c1-17-15(18-9-13-6-3-7-21-13)19-10-14(20)11-4-2-5-12(16)8-11/h2,4-5,8,13-14,20H,3,6-7,9-10H2,1H3,(H2,17,18,19). The smallest absolute Gasteiger partial charge is 0.191 e. The molecule has 1 aromatic rings. The molecule has 4 nitrogen and oxygen atoms in total. The van der Waals surface area contributed by atoms with Crippen LogP contribution in [0.5, 0.6) is 0 Å². The van der Waals surface area contributed by atoms with E-state index in [-0.39, 0.29) is 0 Å². The Kier molecular flexibility index (Phi) is 6.67. The lowest BCUT2D eigenvalue weighted by molar-refractivity contribution is 0.181. The molecule has 2 unspecified atom stereocenters. The van der Waals surface area contributed by atoms with Crippen LogP contribution in [0.1, 0.15) is 24.5 Å². The zero-order valence-corrected chi connectivity index (χ0v) is 13.8. The van der Waals surface area contributed by atoms with Crippen LogP contribution in [0.25, 0.3) is 0 Å². The van der Waals surface area contributed by atoms with Crippen molar-refractivity contribution < 1.29 is 5.11 Å². The van der Waals surface area contributed by atoms with Crippen molar-refractivity contribution in [3.63, 3.8) is 0 Å². The molecule has 2 rings (SSSR count). The highest BCUT2D eigenvalue weighted by atomic mass is 35.5. The Hall–Kier alpha value is -0.910. The molecule has 1 aromatic carbocycles. The summed E-state index contributed by atoms with van der Waals surface area (Å²) in [6.07, 6.45) is 1.96. The van der Waals surface area contributed by atoms with Gasteiger partial charge in [-0.05, 0) is 36.3 Å². The number of guanidine groups is 1. The first kappa shape index (κ1) is 16.5. The van der Waals surface area contributed by atoms with Crippen LogP contribution in [0.2, 0.25) is 5.02 Å². The third kappa shape index (κ3) is 5.41. The van der Waals surface area contributed by atoms with Crippen LogP contribution in [-0.2, 0) is 0 Å². The number of benzene rings is 1. The Labute approximate surface area is 135 Å². The summed E-state index contributed by atoms with van der Waals surface area (Å²) in [4.78, 5) is 4.18. The Morgan fingerprint density at radius 1 is 1.52 bits per heavy atom. The lowest BCUT2D eigenvalue weighted by atomic mass is 10.1. The van der Waals surface area contributed by atoms with Crippen molar-refractivity contribution in [2.45, 2.75) is 24.2 Å². The van der Waals surface area contributed by atoms with Gasteiger partial charge in [-0.25, -0.2) is 0 Å². The lowest BCUT2D eigenvalue weighted by Crippen LogP contribution is -2.41. The molecule has 0 aliphatic carbocycles. The average molecular weight is 328 g/mol. The molecular weight excluding hydrogens is 306 g/mol. The van der Waals surface area contributed by atoms with E-state index in [9.17, 15) is 5.11 Å². The van der Waals surface area contributed by atoms with Crippen molar-refractivity contribution in [2.75, 3.05) is 25.9 Å². The second-order valence-electron chi connectivity index (χ2n) is 5.04. The van der Waals surface area contributed by atoms with Gasteiger partial charge in [-0.3, -0.25) is 4.99 Å². The summed E-state index contributed by atoms with van der Waals surface area (Å²) in [7, 11) is 1.74. The first-order valence-electron chi connectivity index (χ1n) is 7.18. The van der Waals surface area contributed by atoms with Gasteiger partial charge in [0, 0.05) is 30.4 Å². The van der Waals surface area contributed by atoms with Gasteiger partial charge in [-0.2, -0.15) is 11.8 Å². The zero-order chi connectivity index (χ0) is 15.1. The number of hydrogen-bond acceptors (Lipinski definition) is 3. The number of rotatable bonds is 5. The molecule has 1 heterocycles. The molecule has 6 heteroatoms. The van der Waals surface area contributed by atoms with Gasteiger partial charge >= 0.3 is 0 Å². The molecule has 1 aliphatic rings. The summed E-state index contributed by atoms with van der Waals surface area (Å²) in [5, 5.41) is 17.9. The summed E-state index contributed by atoms with van der Waals surface area (Å²) in [5.41, 5.74) is 0.803. The number of thioether (sulfide) groups is 1. The van der Waals surface area contributed by atoms with Crippen LogP contribution >= 0.6 is 23.4 Å². The highest BCUT2D eigenvalue weighted by molar-refractivity contribution is 8.00. The van der Waals surface area contributed by atoms with Crippen molar-refractivity contribution in [2.24, 2.45) is 4.99 Å². The largest absolute Gasteiger partial charge is 0.387 e. The maximum atomic E-state index is 10.2. The van der Waals surface area contributed by atoms with Gasteiger partial charge in [0.1, 0.15) is 0 Å². The summed E-state index contributed by atoms with van der Waals surface area (Å²) < 4.78 is 0. The predicted octanol–water partition coefficient (Wildman–Crippen LogP) is 2.43. The average Bonchev–Trinajstić information content (AvgIpc) is 3.00. The van der Waals surface area contributed by atoms with Gasteiger partial charge in [0.15, 0.2) is 5.96 Å². The Balaban J connectivity index is 1.76. The van der Waals surface area contributed by atoms with Crippen LogP contribution in [0.3, 0.4) is 0 Å². The van der Waals surface area contributed by atoms with E-state index in [0.29, 0.717) is 16.8 Å². The van der Waals surface area contributed by atoms with Crippen LogP contribution < -0.4 is 10.6 Å². The molecule has 116 valence electrons. The molecule has 1 saturated heterocycles. The lowest BCUT2D eigenvalue weighted by Gasteiger charge is -2.17. The van der Waals surface area contributed by atoms with E-state index in [2.05, 4.69) is 15.6 Å². The van der Waals surface area contributed by atoms with Gasteiger partial charge in [0.25, 0.3) is 0 Å². The van der Waals surface area contributed by atoms with E-state index in [1.807, 2.05) is 23.9 Å². The number of nitrogens with zero attached hydrogens (tertiary/aromatic N) is 1. The third-order valence-corrected chi connectivity index (χ3v) is 5.07. The SMILES string of the molecule is CN=C(NCC1CCCS1)NCC(O)c1cccc(Cl)c1. The minimum absolute atomic E-state index is 0.401. The molecule has 1 aliphatic heterocycles. The zero-order valence-electron chi connectivity index (χ0n) is 12.2. The second kappa shape index (κ2) is 8.51. The fraction of sp³-hybridized carbons (Fsp3) is 0.533. The van der Waals surface area contributed by atoms with E-state index in [4.69, 9.17) is 11.6 Å². The minimum atomic E-state index is -0.608. The number of hydrogen-bond donors (Lipinski definition) is 3. The van der Waals surface area contributed by atoms with E-state index in [1.165, 1.54) is 18.6 Å². The minimum Gasteiger partial charge on any atom is -0.387 e. The number of halogens is 1. The molecule has 3 N–H and O–H groups in total. The van der Waals surface area contributed by atoms with Crippen LogP contribution in [0.15, 0.2) is 29.3 Å². The summed E-state index contributed by atoms with van der Waals surface area (Å²) in [5.74, 6) is 1.98. The fourth-order valence-electron chi connectivity index (χ4n) is 2.26. The quantitative estimate of drug-likeness (QED) is 0.574. The van der Waals surface area contributed by atoms with Gasteiger partial charge in [0.05, 0.1) is 6.10 Å². The third-order valence-electron chi connectivity index (χ3n) is 3.44. The summed E-state index contributed by atoms with van der Waals surface area (Å²) >= 11 is 7.94. The van der Waals surface area contributed by atoms with Crippen LogP contribution in [0, 0.1) is 0 Å². The Morgan fingerprint density at radius 2 is 2.38 bits per heavy atom.